The third kappa shape index (κ3) is 4.05. The number of benzene rings is 3. The topological polar surface area (TPSA) is 128 Å². The van der Waals surface area contributed by atoms with Crippen molar-refractivity contribution in [1.82, 2.24) is 19.7 Å². The fourth-order valence-electron chi connectivity index (χ4n) is 4.06. The SMILES string of the molecule is O=c1[nH]c2ccc(S(=O)(=O)NCC(c3ccccc3Cl)c3c[nH]c4ccccc34)cc2[nH]c1=O. The highest BCUT2D eigenvalue weighted by atomic mass is 35.5. The maximum atomic E-state index is 13.2. The maximum Gasteiger partial charge on any atom is 0.314 e. The summed E-state index contributed by atoms with van der Waals surface area (Å²) in [5.41, 5.74) is 1.52. The van der Waals surface area contributed by atoms with Crippen LogP contribution in [0.25, 0.3) is 21.9 Å². The first-order valence-electron chi connectivity index (χ1n) is 10.4. The molecule has 0 radical (unpaired) electrons. The molecule has 4 N–H and O–H groups in total. The van der Waals surface area contributed by atoms with Gasteiger partial charge in [-0.25, -0.2) is 13.1 Å². The largest absolute Gasteiger partial charge is 0.361 e. The van der Waals surface area contributed by atoms with E-state index < -0.39 is 21.1 Å². The van der Waals surface area contributed by atoms with Gasteiger partial charge in [0, 0.05) is 34.6 Å². The predicted molar refractivity (Wildman–Crippen MR) is 132 cm³/mol. The smallest absolute Gasteiger partial charge is 0.314 e. The van der Waals surface area contributed by atoms with Crippen LogP contribution in [0.5, 0.6) is 0 Å². The van der Waals surface area contributed by atoms with Gasteiger partial charge in [0.05, 0.1) is 15.9 Å². The number of H-pyrrole nitrogens is 3. The molecule has 0 amide bonds. The Hall–Kier alpha value is -3.66. The first kappa shape index (κ1) is 22.1. The molecule has 0 aliphatic heterocycles. The summed E-state index contributed by atoms with van der Waals surface area (Å²) in [5.74, 6) is -0.365. The van der Waals surface area contributed by atoms with Crippen molar-refractivity contribution in [2.24, 2.45) is 0 Å². The molecule has 2 heterocycles. The van der Waals surface area contributed by atoms with Gasteiger partial charge in [-0.3, -0.25) is 9.59 Å². The van der Waals surface area contributed by atoms with Crippen molar-refractivity contribution in [2.75, 3.05) is 6.54 Å². The zero-order chi connectivity index (χ0) is 23.9. The van der Waals surface area contributed by atoms with Crippen LogP contribution in [-0.2, 0) is 10.0 Å². The van der Waals surface area contributed by atoms with E-state index in [1.54, 1.807) is 6.07 Å². The monoisotopic (exact) mass is 494 g/mol. The molecule has 3 aromatic carbocycles. The van der Waals surface area contributed by atoms with Gasteiger partial charge in [-0.05, 0) is 41.5 Å². The average Bonchev–Trinajstić information content (AvgIpc) is 3.25. The fraction of sp³-hybridized carbons (Fsp3) is 0.0833. The number of fused-ring (bicyclic) bond motifs is 2. The Balaban J connectivity index is 1.52. The van der Waals surface area contributed by atoms with Crippen molar-refractivity contribution >= 4 is 43.6 Å². The fourth-order valence-corrected chi connectivity index (χ4v) is 5.41. The van der Waals surface area contributed by atoms with Crippen LogP contribution in [-0.4, -0.2) is 29.9 Å². The molecule has 0 aliphatic rings. The third-order valence-electron chi connectivity index (χ3n) is 5.76. The van der Waals surface area contributed by atoms with E-state index in [0.717, 1.165) is 22.0 Å². The van der Waals surface area contributed by atoms with Gasteiger partial charge in [-0.1, -0.05) is 48.0 Å². The Labute approximate surface area is 198 Å². The lowest BCUT2D eigenvalue weighted by Gasteiger charge is -2.19. The molecule has 0 fully saturated rings. The highest BCUT2D eigenvalue weighted by molar-refractivity contribution is 7.89. The van der Waals surface area contributed by atoms with Gasteiger partial charge in [0.2, 0.25) is 10.0 Å². The maximum absolute atomic E-state index is 13.2. The van der Waals surface area contributed by atoms with E-state index in [1.165, 1.54) is 18.2 Å². The molecular formula is C24H19ClN4O4S. The number of rotatable bonds is 6. The van der Waals surface area contributed by atoms with Gasteiger partial charge in [-0.15, -0.1) is 0 Å². The van der Waals surface area contributed by atoms with Gasteiger partial charge in [-0.2, -0.15) is 0 Å². The van der Waals surface area contributed by atoms with Crippen LogP contribution in [0.15, 0.2) is 87.4 Å². The minimum Gasteiger partial charge on any atom is -0.361 e. The van der Waals surface area contributed by atoms with Crippen LogP contribution in [0.1, 0.15) is 17.0 Å². The van der Waals surface area contributed by atoms with Gasteiger partial charge in [0.25, 0.3) is 0 Å². The molecule has 0 spiro atoms. The van der Waals surface area contributed by atoms with Gasteiger partial charge in [0.15, 0.2) is 0 Å². The number of aromatic nitrogens is 3. The van der Waals surface area contributed by atoms with Crippen molar-refractivity contribution in [1.29, 1.82) is 0 Å². The summed E-state index contributed by atoms with van der Waals surface area (Å²) < 4.78 is 29.0. The third-order valence-corrected chi connectivity index (χ3v) is 7.52. The van der Waals surface area contributed by atoms with Crippen LogP contribution in [0.2, 0.25) is 5.02 Å². The van der Waals surface area contributed by atoms with E-state index >= 15 is 0 Å². The number of para-hydroxylation sites is 1. The first-order valence-corrected chi connectivity index (χ1v) is 12.3. The number of sulfonamides is 1. The molecule has 0 bridgehead atoms. The van der Waals surface area contributed by atoms with Crippen LogP contribution in [0, 0.1) is 0 Å². The lowest BCUT2D eigenvalue weighted by atomic mass is 9.91. The Morgan fingerprint density at radius 3 is 2.32 bits per heavy atom. The predicted octanol–water partition coefficient (Wildman–Crippen LogP) is 3.46. The van der Waals surface area contributed by atoms with E-state index in [4.69, 9.17) is 11.6 Å². The van der Waals surface area contributed by atoms with Crippen molar-refractivity contribution in [2.45, 2.75) is 10.8 Å². The molecule has 5 rings (SSSR count). The van der Waals surface area contributed by atoms with E-state index in [-0.39, 0.29) is 22.9 Å². The molecule has 0 saturated carbocycles. The molecule has 0 saturated heterocycles. The van der Waals surface area contributed by atoms with Crippen LogP contribution >= 0.6 is 11.6 Å². The van der Waals surface area contributed by atoms with Crippen molar-refractivity contribution in [3.05, 3.63) is 110 Å². The number of hydrogen-bond acceptors (Lipinski definition) is 4. The van der Waals surface area contributed by atoms with Gasteiger partial charge < -0.3 is 15.0 Å². The Morgan fingerprint density at radius 2 is 1.53 bits per heavy atom. The summed E-state index contributed by atoms with van der Waals surface area (Å²) in [6, 6.07) is 19.2. The number of halogens is 1. The molecule has 34 heavy (non-hydrogen) atoms. The van der Waals surface area contributed by atoms with E-state index in [1.807, 2.05) is 48.7 Å². The molecule has 2 aromatic heterocycles. The minimum absolute atomic E-state index is 0.0421. The molecule has 8 nitrogen and oxygen atoms in total. The minimum atomic E-state index is -3.95. The van der Waals surface area contributed by atoms with Crippen LogP contribution in [0.3, 0.4) is 0 Å². The molecule has 172 valence electrons. The van der Waals surface area contributed by atoms with Crippen molar-refractivity contribution in [3.63, 3.8) is 0 Å². The molecule has 0 aliphatic carbocycles. The van der Waals surface area contributed by atoms with E-state index in [9.17, 15) is 18.0 Å². The van der Waals surface area contributed by atoms with E-state index in [2.05, 4.69) is 19.7 Å². The summed E-state index contributed by atoms with van der Waals surface area (Å²) in [6.45, 7) is 0.0497. The molecule has 5 aromatic rings. The van der Waals surface area contributed by atoms with Gasteiger partial charge >= 0.3 is 11.1 Å². The summed E-state index contributed by atoms with van der Waals surface area (Å²) in [7, 11) is -3.95. The Bertz CT molecular complexity index is 1750. The van der Waals surface area contributed by atoms with Crippen molar-refractivity contribution < 1.29 is 8.42 Å². The van der Waals surface area contributed by atoms with E-state index in [0.29, 0.717) is 10.5 Å². The second-order valence-corrected chi connectivity index (χ2v) is 10.0. The zero-order valence-corrected chi connectivity index (χ0v) is 19.2. The molecule has 1 unspecified atom stereocenters. The first-order chi connectivity index (χ1) is 16.3. The van der Waals surface area contributed by atoms with Crippen molar-refractivity contribution in [3.8, 4) is 0 Å². The summed E-state index contributed by atoms with van der Waals surface area (Å²) in [5, 5.41) is 1.50. The lowest BCUT2D eigenvalue weighted by molar-refractivity contribution is 0.578. The number of hydrogen-bond donors (Lipinski definition) is 4. The standard InChI is InChI=1S/C24H19ClN4O4S/c25-19-7-3-1-5-15(19)18(17-12-26-20-8-4-2-6-16(17)20)13-27-34(32,33)14-9-10-21-22(11-14)29-24(31)23(30)28-21/h1-12,18,26-27H,13H2,(H,28,30)(H,29,31). The summed E-state index contributed by atoms with van der Waals surface area (Å²) >= 11 is 6.50. The Morgan fingerprint density at radius 1 is 0.824 bits per heavy atom. The number of nitrogens with one attached hydrogen (secondary N) is 4. The molecule has 1 atom stereocenters. The molecular weight excluding hydrogens is 476 g/mol. The summed E-state index contributed by atoms with van der Waals surface area (Å²) in [6.07, 6.45) is 1.87. The average molecular weight is 495 g/mol. The normalized spacial score (nSPS) is 12.9. The van der Waals surface area contributed by atoms with Crippen LogP contribution in [0.4, 0.5) is 0 Å². The highest BCUT2D eigenvalue weighted by Gasteiger charge is 2.24. The lowest BCUT2D eigenvalue weighted by Crippen LogP contribution is -2.30. The highest BCUT2D eigenvalue weighted by Crippen LogP contribution is 2.34. The van der Waals surface area contributed by atoms with Crippen LogP contribution < -0.4 is 15.8 Å². The van der Waals surface area contributed by atoms with Gasteiger partial charge in [0.1, 0.15) is 0 Å². The summed E-state index contributed by atoms with van der Waals surface area (Å²) in [4.78, 5) is 31.2. The second-order valence-electron chi connectivity index (χ2n) is 7.83. The second kappa shape index (κ2) is 8.60. The number of aromatic amines is 3. The molecule has 10 heteroatoms. The zero-order valence-electron chi connectivity index (χ0n) is 17.6. The Kier molecular flexibility index (Phi) is 5.60. The quantitative estimate of drug-likeness (QED) is 0.269.